The van der Waals surface area contributed by atoms with E-state index >= 15 is 0 Å². The highest BCUT2D eigenvalue weighted by molar-refractivity contribution is 6.56. The Labute approximate surface area is 95.7 Å². The Kier molecular flexibility index (Phi) is 6.17. The van der Waals surface area contributed by atoms with Crippen molar-refractivity contribution in [2.24, 2.45) is 0 Å². The zero-order chi connectivity index (χ0) is 11.2. The second-order valence-electron chi connectivity index (χ2n) is 3.48. The molecule has 0 amide bonds. The highest BCUT2D eigenvalue weighted by Crippen LogP contribution is 2.16. The Morgan fingerprint density at radius 2 is 2.07 bits per heavy atom. The lowest BCUT2D eigenvalue weighted by molar-refractivity contribution is 0.103. The largest absolute Gasteiger partial charge is 0.386 e. The summed E-state index contributed by atoms with van der Waals surface area (Å²) in [5, 5.41) is 9.60. The van der Waals surface area contributed by atoms with Gasteiger partial charge in [-0.25, -0.2) is 0 Å². The molecule has 0 aliphatic carbocycles. The van der Waals surface area contributed by atoms with Crippen LogP contribution < -0.4 is 0 Å². The van der Waals surface area contributed by atoms with E-state index in [0.717, 1.165) is 12.0 Å². The van der Waals surface area contributed by atoms with Crippen LogP contribution in [0.3, 0.4) is 0 Å². The summed E-state index contributed by atoms with van der Waals surface area (Å²) >= 11 is 11.0. The molecule has 1 nitrogen and oxygen atoms in total. The minimum Gasteiger partial charge on any atom is -0.386 e. The highest BCUT2D eigenvalue weighted by atomic mass is 35.5. The number of halogens is 2. The van der Waals surface area contributed by atoms with Gasteiger partial charge >= 0.3 is 0 Å². The van der Waals surface area contributed by atoms with Crippen LogP contribution in [0.25, 0.3) is 0 Å². The average molecular weight is 235 g/mol. The highest BCUT2D eigenvalue weighted by Gasteiger charge is 2.12. The maximum atomic E-state index is 9.60. The maximum absolute atomic E-state index is 9.60. The monoisotopic (exact) mass is 234 g/mol. The molecule has 0 aromatic heterocycles. The zero-order valence-corrected chi connectivity index (χ0v) is 10.1. The molecule has 3 heteroatoms. The predicted molar refractivity (Wildman–Crippen MR) is 63.6 cm³/mol. The van der Waals surface area contributed by atoms with Crippen molar-refractivity contribution in [3.8, 4) is 0 Å². The summed E-state index contributed by atoms with van der Waals surface area (Å²) < 4.78 is 0.245. The van der Waals surface area contributed by atoms with Crippen molar-refractivity contribution in [1.82, 2.24) is 0 Å². The second-order valence-corrected chi connectivity index (χ2v) is 4.49. The van der Waals surface area contributed by atoms with E-state index in [1.807, 2.05) is 13.0 Å². The van der Waals surface area contributed by atoms with Crippen LogP contribution in [-0.4, -0.2) is 10.7 Å². The van der Waals surface area contributed by atoms with Crippen LogP contribution in [0, 0.1) is 0 Å². The van der Waals surface area contributed by atoms with Crippen molar-refractivity contribution in [2.45, 2.75) is 32.3 Å². The Balaban J connectivity index is 4.06. The molecule has 0 saturated carbocycles. The lowest BCUT2D eigenvalue weighted by Crippen LogP contribution is -2.19. The summed E-state index contributed by atoms with van der Waals surface area (Å²) in [6.45, 7) is 7.19. The van der Waals surface area contributed by atoms with Gasteiger partial charge < -0.3 is 5.11 Å². The molecule has 1 atom stereocenters. The standard InChI is InChI=1S/C11H16Cl2O/c1-4-11(3,14)7-5-6-9(2)8-10(12)13/h4,6,8,14H,1,5,7H2,2-3H3. The van der Waals surface area contributed by atoms with Gasteiger partial charge in [0, 0.05) is 0 Å². The van der Waals surface area contributed by atoms with Crippen molar-refractivity contribution < 1.29 is 5.11 Å². The molecule has 0 saturated heterocycles. The Morgan fingerprint density at radius 3 is 2.50 bits per heavy atom. The summed E-state index contributed by atoms with van der Waals surface area (Å²) in [7, 11) is 0. The van der Waals surface area contributed by atoms with Gasteiger partial charge in [0.05, 0.1) is 5.60 Å². The normalized spacial score (nSPS) is 15.9. The van der Waals surface area contributed by atoms with Crippen molar-refractivity contribution in [1.29, 1.82) is 0 Å². The van der Waals surface area contributed by atoms with Gasteiger partial charge in [0.1, 0.15) is 4.49 Å². The van der Waals surface area contributed by atoms with Gasteiger partial charge in [0.2, 0.25) is 0 Å². The fourth-order valence-corrected chi connectivity index (χ4v) is 1.27. The lowest BCUT2D eigenvalue weighted by atomic mass is 10.00. The minimum atomic E-state index is -0.800. The van der Waals surface area contributed by atoms with Gasteiger partial charge in [-0.1, -0.05) is 40.9 Å². The van der Waals surface area contributed by atoms with E-state index in [1.54, 1.807) is 19.1 Å². The lowest BCUT2D eigenvalue weighted by Gasteiger charge is -2.16. The molecule has 0 fully saturated rings. The number of aliphatic hydroxyl groups is 1. The molecular formula is C11H16Cl2O. The maximum Gasteiger partial charge on any atom is 0.107 e. The van der Waals surface area contributed by atoms with Gasteiger partial charge in [-0.2, -0.15) is 0 Å². The van der Waals surface area contributed by atoms with Crippen LogP contribution in [-0.2, 0) is 0 Å². The van der Waals surface area contributed by atoms with Crippen LogP contribution in [0.4, 0.5) is 0 Å². The van der Waals surface area contributed by atoms with E-state index < -0.39 is 5.60 Å². The van der Waals surface area contributed by atoms with Gasteiger partial charge in [-0.05, 0) is 32.8 Å². The number of allylic oxidation sites excluding steroid dienone is 3. The van der Waals surface area contributed by atoms with Crippen LogP contribution in [0.2, 0.25) is 0 Å². The summed E-state index contributed by atoms with van der Waals surface area (Å²) in [6, 6.07) is 0. The van der Waals surface area contributed by atoms with Crippen LogP contribution >= 0.6 is 23.2 Å². The predicted octanol–water partition coefficient (Wildman–Crippen LogP) is 3.97. The topological polar surface area (TPSA) is 20.2 Å². The molecule has 0 heterocycles. The Morgan fingerprint density at radius 1 is 1.50 bits per heavy atom. The van der Waals surface area contributed by atoms with Gasteiger partial charge in [0.25, 0.3) is 0 Å². The van der Waals surface area contributed by atoms with Gasteiger partial charge in [0.15, 0.2) is 0 Å². The van der Waals surface area contributed by atoms with Crippen molar-refractivity contribution >= 4 is 23.2 Å². The minimum absolute atomic E-state index is 0.245. The van der Waals surface area contributed by atoms with Crippen molar-refractivity contribution in [2.75, 3.05) is 0 Å². The second kappa shape index (κ2) is 6.28. The van der Waals surface area contributed by atoms with E-state index in [0.29, 0.717) is 6.42 Å². The third-order valence-electron chi connectivity index (χ3n) is 1.89. The van der Waals surface area contributed by atoms with Crippen molar-refractivity contribution in [3.05, 3.63) is 34.9 Å². The molecule has 1 N–H and O–H groups in total. The van der Waals surface area contributed by atoms with Crippen LogP contribution in [0.15, 0.2) is 34.9 Å². The first-order valence-electron chi connectivity index (χ1n) is 4.43. The van der Waals surface area contributed by atoms with E-state index in [-0.39, 0.29) is 4.49 Å². The average Bonchev–Trinajstić information content (AvgIpc) is 2.02. The number of hydrogen-bond donors (Lipinski definition) is 1. The molecule has 0 aliphatic rings. The van der Waals surface area contributed by atoms with E-state index in [9.17, 15) is 5.11 Å². The fourth-order valence-electron chi connectivity index (χ4n) is 0.925. The van der Waals surface area contributed by atoms with E-state index in [4.69, 9.17) is 23.2 Å². The fraction of sp³-hybridized carbons (Fsp3) is 0.455. The summed E-state index contributed by atoms with van der Waals surface area (Å²) in [4.78, 5) is 0. The molecule has 0 bridgehead atoms. The molecule has 14 heavy (non-hydrogen) atoms. The van der Waals surface area contributed by atoms with E-state index in [2.05, 4.69) is 6.58 Å². The van der Waals surface area contributed by atoms with Crippen LogP contribution in [0.1, 0.15) is 26.7 Å². The third-order valence-corrected chi connectivity index (χ3v) is 2.11. The molecule has 0 aliphatic heterocycles. The molecule has 0 spiro atoms. The smallest absolute Gasteiger partial charge is 0.107 e. The quantitative estimate of drug-likeness (QED) is 0.564. The molecule has 0 aromatic rings. The SMILES string of the molecule is C=CC(C)(O)CCC=C(C)C=C(Cl)Cl. The molecule has 80 valence electrons. The molecule has 1 unspecified atom stereocenters. The Bertz CT molecular complexity index is 248. The molecule has 0 aromatic carbocycles. The summed E-state index contributed by atoms with van der Waals surface area (Å²) in [6.07, 6.45) is 6.60. The van der Waals surface area contributed by atoms with Gasteiger partial charge in [-0.15, -0.1) is 6.58 Å². The van der Waals surface area contributed by atoms with Gasteiger partial charge in [-0.3, -0.25) is 0 Å². The zero-order valence-electron chi connectivity index (χ0n) is 8.56. The molecular weight excluding hydrogens is 219 g/mol. The summed E-state index contributed by atoms with van der Waals surface area (Å²) in [5.41, 5.74) is 0.190. The first-order chi connectivity index (χ1) is 6.37. The van der Waals surface area contributed by atoms with E-state index in [1.165, 1.54) is 0 Å². The molecule has 0 rings (SSSR count). The Hall–Kier alpha value is -0.240. The first kappa shape index (κ1) is 13.8. The first-order valence-corrected chi connectivity index (χ1v) is 5.18. The summed E-state index contributed by atoms with van der Waals surface area (Å²) in [5.74, 6) is 0. The van der Waals surface area contributed by atoms with Crippen LogP contribution in [0.5, 0.6) is 0 Å². The molecule has 0 radical (unpaired) electrons. The third kappa shape index (κ3) is 7.19. The number of hydrogen-bond acceptors (Lipinski definition) is 1. The van der Waals surface area contributed by atoms with Crippen molar-refractivity contribution in [3.63, 3.8) is 0 Å². The number of rotatable bonds is 5.